The molecule has 1 aliphatic rings. The van der Waals surface area contributed by atoms with E-state index in [9.17, 15) is 14.0 Å². The SMILES string of the molecule is O=C(O)c1cn(N2CCCC2)c2ccc(F)cc2c1=O. The van der Waals surface area contributed by atoms with E-state index in [1.807, 2.05) is 5.01 Å². The fraction of sp³-hybridized carbons (Fsp3) is 0.286. The predicted molar refractivity (Wildman–Crippen MR) is 72.3 cm³/mol. The summed E-state index contributed by atoms with van der Waals surface area (Å²) in [7, 11) is 0. The molecule has 0 unspecified atom stereocenters. The van der Waals surface area contributed by atoms with Crippen LogP contribution >= 0.6 is 0 Å². The fourth-order valence-electron chi connectivity index (χ4n) is 2.59. The van der Waals surface area contributed by atoms with Gasteiger partial charge in [0.15, 0.2) is 0 Å². The van der Waals surface area contributed by atoms with Crippen molar-refractivity contribution in [2.45, 2.75) is 12.8 Å². The lowest BCUT2D eigenvalue weighted by molar-refractivity contribution is 0.0695. The monoisotopic (exact) mass is 276 g/mol. The zero-order valence-corrected chi connectivity index (χ0v) is 10.7. The van der Waals surface area contributed by atoms with Gasteiger partial charge in [-0.15, -0.1) is 0 Å². The summed E-state index contributed by atoms with van der Waals surface area (Å²) < 4.78 is 15.0. The molecule has 1 saturated heterocycles. The third-order valence-corrected chi connectivity index (χ3v) is 3.56. The van der Waals surface area contributed by atoms with Gasteiger partial charge in [0.1, 0.15) is 11.4 Å². The fourth-order valence-corrected chi connectivity index (χ4v) is 2.59. The first kappa shape index (κ1) is 12.7. The number of fused-ring (bicyclic) bond motifs is 1. The van der Waals surface area contributed by atoms with E-state index >= 15 is 0 Å². The minimum absolute atomic E-state index is 0.0943. The van der Waals surface area contributed by atoms with E-state index in [-0.39, 0.29) is 10.9 Å². The van der Waals surface area contributed by atoms with Crippen LogP contribution in [-0.2, 0) is 0 Å². The molecule has 5 nitrogen and oxygen atoms in total. The lowest BCUT2D eigenvalue weighted by Gasteiger charge is -2.24. The van der Waals surface area contributed by atoms with Gasteiger partial charge < -0.3 is 10.1 Å². The molecule has 0 atom stereocenters. The Morgan fingerprint density at radius 1 is 1.25 bits per heavy atom. The van der Waals surface area contributed by atoms with E-state index in [2.05, 4.69) is 0 Å². The van der Waals surface area contributed by atoms with Crippen LogP contribution in [-0.4, -0.2) is 28.8 Å². The Bertz CT molecular complexity index is 748. The topological polar surface area (TPSA) is 62.5 Å². The number of aromatic carboxylic acids is 1. The van der Waals surface area contributed by atoms with Crippen molar-refractivity contribution in [1.29, 1.82) is 0 Å². The van der Waals surface area contributed by atoms with E-state index < -0.39 is 17.2 Å². The number of halogens is 1. The van der Waals surface area contributed by atoms with Gasteiger partial charge in [-0.3, -0.25) is 9.47 Å². The largest absolute Gasteiger partial charge is 0.477 e. The van der Waals surface area contributed by atoms with Gasteiger partial charge in [-0.1, -0.05) is 0 Å². The Kier molecular flexibility index (Phi) is 2.93. The maximum atomic E-state index is 13.3. The molecule has 0 spiro atoms. The van der Waals surface area contributed by atoms with E-state index in [1.54, 1.807) is 4.68 Å². The quantitative estimate of drug-likeness (QED) is 0.904. The summed E-state index contributed by atoms with van der Waals surface area (Å²) >= 11 is 0. The summed E-state index contributed by atoms with van der Waals surface area (Å²) in [5, 5.41) is 11.2. The molecule has 3 rings (SSSR count). The first-order valence-corrected chi connectivity index (χ1v) is 6.41. The highest BCUT2D eigenvalue weighted by molar-refractivity contribution is 5.92. The van der Waals surface area contributed by atoms with Crippen LogP contribution in [0.2, 0.25) is 0 Å². The van der Waals surface area contributed by atoms with Gasteiger partial charge in [-0.05, 0) is 31.0 Å². The standard InChI is InChI=1S/C14H13FN2O3/c15-9-3-4-12-10(7-9)13(18)11(14(19)20)8-17(12)16-5-1-2-6-16/h3-4,7-8H,1-2,5-6H2,(H,19,20). The second-order valence-corrected chi connectivity index (χ2v) is 4.84. The Morgan fingerprint density at radius 2 is 1.95 bits per heavy atom. The predicted octanol–water partition coefficient (Wildman–Crippen LogP) is 1.57. The Morgan fingerprint density at radius 3 is 2.60 bits per heavy atom. The summed E-state index contributed by atoms with van der Waals surface area (Å²) in [5.41, 5.74) is -0.458. The van der Waals surface area contributed by atoms with Gasteiger partial charge in [-0.2, -0.15) is 0 Å². The molecule has 1 aliphatic heterocycles. The maximum absolute atomic E-state index is 13.3. The van der Waals surface area contributed by atoms with Crippen LogP contribution in [0, 0.1) is 5.82 Å². The highest BCUT2D eigenvalue weighted by Crippen LogP contribution is 2.17. The Balaban J connectivity index is 2.35. The number of nitrogens with zero attached hydrogens (tertiary/aromatic N) is 2. The average molecular weight is 276 g/mol. The van der Waals surface area contributed by atoms with E-state index in [0.717, 1.165) is 32.0 Å². The normalized spacial score (nSPS) is 14.9. The van der Waals surface area contributed by atoms with Gasteiger partial charge in [-0.25, -0.2) is 9.18 Å². The third-order valence-electron chi connectivity index (χ3n) is 3.56. The van der Waals surface area contributed by atoms with Crippen LogP contribution in [0.15, 0.2) is 29.2 Å². The molecule has 2 heterocycles. The molecular weight excluding hydrogens is 263 g/mol. The van der Waals surface area contributed by atoms with Crippen LogP contribution in [0.4, 0.5) is 4.39 Å². The minimum Gasteiger partial charge on any atom is -0.477 e. The zero-order chi connectivity index (χ0) is 14.3. The highest BCUT2D eigenvalue weighted by Gasteiger charge is 2.19. The van der Waals surface area contributed by atoms with Crippen LogP contribution in [0.1, 0.15) is 23.2 Å². The maximum Gasteiger partial charge on any atom is 0.341 e. The van der Waals surface area contributed by atoms with Crippen molar-refractivity contribution in [2.24, 2.45) is 0 Å². The summed E-state index contributed by atoms with van der Waals surface area (Å²) in [4.78, 5) is 23.3. The lowest BCUT2D eigenvalue weighted by Crippen LogP contribution is -2.34. The van der Waals surface area contributed by atoms with Crippen molar-refractivity contribution >= 4 is 16.9 Å². The average Bonchev–Trinajstić information content (AvgIpc) is 2.93. The second kappa shape index (κ2) is 4.63. The molecule has 0 radical (unpaired) electrons. The van der Waals surface area contributed by atoms with Crippen molar-refractivity contribution in [3.8, 4) is 0 Å². The van der Waals surface area contributed by atoms with Gasteiger partial charge in [0, 0.05) is 19.3 Å². The first-order valence-electron chi connectivity index (χ1n) is 6.41. The zero-order valence-electron chi connectivity index (χ0n) is 10.7. The summed E-state index contributed by atoms with van der Waals surface area (Å²) in [6.07, 6.45) is 3.35. The minimum atomic E-state index is -1.30. The number of carbonyl (C=O) groups is 1. The summed E-state index contributed by atoms with van der Waals surface area (Å²) in [6, 6.07) is 3.88. The van der Waals surface area contributed by atoms with E-state index in [4.69, 9.17) is 5.11 Å². The molecule has 0 amide bonds. The molecule has 20 heavy (non-hydrogen) atoms. The second-order valence-electron chi connectivity index (χ2n) is 4.84. The van der Waals surface area contributed by atoms with Gasteiger partial charge in [0.2, 0.25) is 5.43 Å². The van der Waals surface area contributed by atoms with Crippen LogP contribution < -0.4 is 10.4 Å². The molecule has 1 fully saturated rings. The number of benzene rings is 1. The third kappa shape index (κ3) is 1.93. The molecule has 2 aromatic rings. The van der Waals surface area contributed by atoms with Crippen LogP contribution in [0.25, 0.3) is 10.9 Å². The van der Waals surface area contributed by atoms with Gasteiger partial charge >= 0.3 is 5.97 Å². The van der Waals surface area contributed by atoms with Crippen molar-refractivity contribution in [3.63, 3.8) is 0 Å². The van der Waals surface area contributed by atoms with Gasteiger partial charge in [0.25, 0.3) is 0 Å². The summed E-state index contributed by atoms with van der Waals surface area (Å²) in [6.45, 7) is 1.57. The molecule has 1 N–H and O–H groups in total. The number of carboxylic acid groups (broad SMARTS) is 1. The van der Waals surface area contributed by atoms with Crippen molar-refractivity contribution in [2.75, 3.05) is 18.1 Å². The van der Waals surface area contributed by atoms with Crippen LogP contribution in [0.3, 0.4) is 0 Å². The van der Waals surface area contributed by atoms with Gasteiger partial charge in [0.05, 0.1) is 10.9 Å². The van der Waals surface area contributed by atoms with Crippen molar-refractivity contribution < 1.29 is 14.3 Å². The molecule has 104 valence electrons. The smallest absolute Gasteiger partial charge is 0.341 e. The number of aromatic nitrogens is 1. The summed E-state index contributed by atoms with van der Waals surface area (Å²) in [5.74, 6) is -1.85. The number of hydrogen-bond donors (Lipinski definition) is 1. The lowest BCUT2D eigenvalue weighted by atomic mass is 10.1. The molecule has 1 aromatic carbocycles. The number of rotatable bonds is 2. The molecule has 0 saturated carbocycles. The Labute approximate surface area is 113 Å². The Hall–Kier alpha value is -2.37. The van der Waals surface area contributed by atoms with E-state index in [1.165, 1.54) is 18.3 Å². The number of pyridine rings is 1. The molecular formula is C14H13FN2O3. The molecule has 0 bridgehead atoms. The highest BCUT2D eigenvalue weighted by atomic mass is 19.1. The van der Waals surface area contributed by atoms with Crippen molar-refractivity contribution in [3.05, 3.63) is 46.0 Å². The van der Waals surface area contributed by atoms with Crippen molar-refractivity contribution in [1.82, 2.24) is 4.68 Å². The molecule has 1 aromatic heterocycles. The first-order chi connectivity index (χ1) is 9.58. The van der Waals surface area contributed by atoms with Crippen LogP contribution in [0.5, 0.6) is 0 Å². The number of carboxylic acids is 1. The number of hydrogen-bond acceptors (Lipinski definition) is 3. The van der Waals surface area contributed by atoms with E-state index in [0.29, 0.717) is 5.52 Å². The molecule has 6 heteroatoms. The molecule has 0 aliphatic carbocycles.